The van der Waals surface area contributed by atoms with Crippen molar-refractivity contribution in [2.75, 3.05) is 11.9 Å². The number of non-ortho nitro benzene ring substituents is 1. The lowest BCUT2D eigenvalue weighted by Gasteiger charge is -2.05. The van der Waals surface area contributed by atoms with Crippen molar-refractivity contribution in [3.8, 4) is 0 Å². The van der Waals surface area contributed by atoms with Gasteiger partial charge in [0.25, 0.3) is 17.3 Å². The molecule has 0 heterocycles. The van der Waals surface area contributed by atoms with E-state index in [1.165, 1.54) is 42.5 Å². The predicted octanol–water partition coefficient (Wildman–Crippen LogP) is 2.70. The second-order valence-corrected chi connectivity index (χ2v) is 5.11. The molecule has 0 radical (unpaired) electrons. The molecule has 0 atom stereocenters. The number of nitrogens with one attached hydrogen (secondary N) is 1. The summed E-state index contributed by atoms with van der Waals surface area (Å²) in [6.07, 6.45) is 2.17. The van der Waals surface area contributed by atoms with Crippen LogP contribution in [0.15, 0.2) is 54.6 Å². The van der Waals surface area contributed by atoms with Crippen molar-refractivity contribution >= 4 is 35.0 Å². The van der Waals surface area contributed by atoms with E-state index < -0.39 is 28.3 Å². The molecular formula is C17H13N3O7. The maximum Gasteiger partial charge on any atom is 0.331 e. The van der Waals surface area contributed by atoms with Crippen LogP contribution in [0.5, 0.6) is 0 Å². The van der Waals surface area contributed by atoms with Crippen LogP contribution in [-0.4, -0.2) is 28.3 Å². The van der Waals surface area contributed by atoms with E-state index in [9.17, 15) is 29.8 Å². The molecule has 0 aliphatic heterocycles. The van der Waals surface area contributed by atoms with Gasteiger partial charge in [-0.25, -0.2) is 4.79 Å². The molecule has 10 heteroatoms. The summed E-state index contributed by atoms with van der Waals surface area (Å²) in [5.41, 5.74) is 0.0170. The van der Waals surface area contributed by atoms with Gasteiger partial charge in [-0.05, 0) is 18.2 Å². The molecule has 0 aromatic heterocycles. The molecule has 2 aromatic carbocycles. The lowest BCUT2D eigenvalue weighted by Crippen LogP contribution is -2.20. The van der Waals surface area contributed by atoms with Crippen LogP contribution in [0.1, 0.15) is 5.56 Å². The third-order valence-electron chi connectivity index (χ3n) is 3.22. The largest absolute Gasteiger partial charge is 0.452 e. The number of amides is 1. The molecule has 0 saturated carbocycles. The van der Waals surface area contributed by atoms with Crippen molar-refractivity contribution < 1.29 is 24.2 Å². The van der Waals surface area contributed by atoms with Crippen molar-refractivity contribution in [1.29, 1.82) is 0 Å². The van der Waals surface area contributed by atoms with Gasteiger partial charge in [0.1, 0.15) is 0 Å². The minimum atomic E-state index is -0.873. The molecule has 0 bridgehead atoms. The van der Waals surface area contributed by atoms with Crippen LogP contribution in [0.4, 0.5) is 17.1 Å². The lowest BCUT2D eigenvalue weighted by molar-refractivity contribution is -0.385. The first-order valence-corrected chi connectivity index (χ1v) is 7.49. The second kappa shape index (κ2) is 8.85. The predicted molar refractivity (Wildman–Crippen MR) is 94.8 cm³/mol. The van der Waals surface area contributed by atoms with Crippen molar-refractivity contribution in [1.82, 2.24) is 0 Å². The van der Waals surface area contributed by atoms with Crippen LogP contribution in [0, 0.1) is 20.2 Å². The van der Waals surface area contributed by atoms with Gasteiger partial charge in [-0.3, -0.25) is 25.0 Å². The highest BCUT2D eigenvalue weighted by atomic mass is 16.6. The van der Waals surface area contributed by atoms with E-state index in [1.54, 1.807) is 6.07 Å². The topological polar surface area (TPSA) is 142 Å². The zero-order chi connectivity index (χ0) is 19.8. The number of rotatable bonds is 7. The zero-order valence-corrected chi connectivity index (χ0v) is 13.7. The Morgan fingerprint density at radius 1 is 1.04 bits per heavy atom. The summed E-state index contributed by atoms with van der Waals surface area (Å²) >= 11 is 0. The Balaban J connectivity index is 1.90. The second-order valence-electron chi connectivity index (χ2n) is 5.11. The van der Waals surface area contributed by atoms with Crippen molar-refractivity contribution in [3.05, 3.63) is 80.4 Å². The number of anilines is 1. The van der Waals surface area contributed by atoms with E-state index in [4.69, 9.17) is 4.74 Å². The standard InChI is InChI=1S/C17H13N3O7/c21-16(18-13-5-3-6-14(10-13)19(23)24)11-27-17(22)9-8-12-4-1-2-7-15(12)20(25)26/h1-10H,11H2,(H,18,21)/b9-8+. The quantitative estimate of drug-likeness (QED) is 0.341. The van der Waals surface area contributed by atoms with E-state index >= 15 is 0 Å². The Bertz CT molecular complexity index is 924. The number of carbonyl (C=O) groups excluding carboxylic acids is 2. The van der Waals surface area contributed by atoms with Gasteiger partial charge < -0.3 is 10.1 Å². The highest BCUT2D eigenvalue weighted by molar-refractivity contribution is 5.95. The fourth-order valence-electron chi connectivity index (χ4n) is 2.03. The Hall–Kier alpha value is -4.08. The summed E-state index contributed by atoms with van der Waals surface area (Å²) in [6, 6.07) is 11.1. The molecule has 0 aliphatic rings. The molecule has 138 valence electrons. The molecule has 2 aromatic rings. The van der Waals surface area contributed by atoms with Gasteiger partial charge in [-0.15, -0.1) is 0 Å². The number of nitro groups is 2. The fourth-order valence-corrected chi connectivity index (χ4v) is 2.03. The first-order chi connectivity index (χ1) is 12.9. The Morgan fingerprint density at radius 2 is 1.78 bits per heavy atom. The maximum atomic E-state index is 11.7. The number of esters is 1. The number of hydrogen-bond acceptors (Lipinski definition) is 7. The average molecular weight is 371 g/mol. The third kappa shape index (κ3) is 5.74. The molecule has 2 rings (SSSR count). The van der Waals surface area contributed by atoms with Crippen LogP contribution >= 0.6 is 0 Å². The van der Waals surface area contributed by atoms with E-state index in [0.717, 1.165) is 12.1 Å². The monoisotopic (exact) mass is 371 g/mol. The number of para-hydroxylation sites is 1. The Morgan fingerprint density at radius 3 is 2.48 bits per heavy atom. The van der Waals surface area contributed by atoms with E-state index in [-0.39, 0.29) is 22.6 Å². The van der Waals surface area contributed by atoms with Gasteiger partial charge in [0.15, 0.2) is 6.61 Å². The van der Waals surface area contributed by atoms with Crippen LogP contribution < -0.4 is 5.32 Å². The minimum absolute atomic E-state index is 0.176. The highest BCUT2D eigenvalue weighted by Crippen LogP contribution is 2.19. The molecule has 0 fully saturated rings. The van der Waals surface area contributed by atoms with Crippen LogP contribution in [0.3, 0.4) is 0 Å². The van der Waals surface area contributed by atoms with Crippen LogP contribution in [-0.2, 0) is 14.3 Å². The molecule has 0 aliphatic carbocycles. The number of nitro benzene ring substituents is 2. The summed E-state index contributed by atoms with van der Waals surface area (Å²) in [7, 11) is 0. The number of hydrogen-bond donors (Lipinski definition) is 1. The molecule has 0 saturated heterocycles. The first kappa shape index (κ1) is 19.2. The smallest absolute Gasteiger partial charge is 0.331 e. The zero-order valence-electron chi connectivity index (χ0n) is 13.7. The summed E-state index contributed by atoms with van der Waals surface area (Å²) in [5, 5.41) is 23.9. The molecular weight excluding hydrogens is 358 g/mol. The number of ether oxygens (including phenoxy) is 1. The van der Waals surface area contributed by atoms with Crippen molar-refractivity contribution in [2.45, 2.75) is 0 Å². The van der Waals surface area contributed by atoms with Gasteiger partial charge in [-0.1, -0.05) is 18.2 Å². The maximum absolute atomic E-state index is 11.7. The van der Waals surface area contributed by atoms with E-state index in [2.05, 4.69) is 5.32 Å². The molecule has 1 N–H and O–H groups in total. The minimum Gasteiger partial charge on any atom is -0.452 e. The SMILES string of the molecule is O=C(COC(=O)/C=C/c1ccccc1[N+](=O)[O-])Nc1cccc([N+](=O)[O-])c1. The molecule has 10 nitrogen and oxygen atoms in total. The number of nitrogens with zero attached hydrogens (tertiary/aromatic N) is 2. The van der Waals surface area contributed by atoms with Gasteiger partial charge >= 0.3 is 5.97 Å². The highest BCUT2D eigenvalue weighted by Gasteiger charge is 2.11. The summed E-state index contributed by atoms with van der Waals surface area (Å²) < 4.78 is 4.73. The van der Waals surface area contributed by atoms with E-state index in [1.807, 2.05) is 0 Å². The van der Waals surface area contributed by atoms with Crippen LogP contribution in [0.2, 0.25) is 0 Å². The lowest BCUT2D eigenvalue weighted by atomic mass is 10.1. The molecule has 1 amide bonds. The molecule has 27 heavy (non-hydrogen) atoms. The van der Waals surface area contributed by atoms with Gasteiger partial charge in [0.05, 0.1) is 15.4 Å². The molecule has 0 spiro atoms. The van der Waals surface area contributed by atoms with Gasteiger partial charge in [0, 0.05) is 30.0 Å². The van der Waals surface area contributed by atoms with Gasteiger partial charge in [-0.2, -0.15) is 0 Å². The normalized spacial score (nSPS) is 10.4. The summed E-state index contributed by atoms with van der Waals surface area (Å²) in [4.78, 5) is 43.8. The van der Waals surface area contributed by atoms with E-state index in [0.29, 0.717) is 0 Å². The molecule has 0 unspecified atom stereocenters. The fraction of sp³-hybridized carbons (Fsp3) is 0.0588. The third-order valence-corrected chi connectivity index (χ3v) is 3.22. The van der Waals surface area contributed by atoms with Crippen molar-refractivity contribution in [3.63, 3.8) is 0 Å². The van der Waals surface area contributed by atoms with Crippen molar-refractivity contribution in [2.24, 2.45) is 0 Å². The summed E-state index contributed by atoms with van der Waals surface area (Å²) in [5.74, 6) is -1.56. The van der Waals surface area contributed by atoms with Gasteiger partial charge in [0.2, 0.25) is 0 Å². The number of benzene rings is 2. The first-order valence-electron chi connectivity index (χ1n) is 7.49. The Kier molecular flexibility index (Phi) is 6.31. The number of carbonyl (C=O) groups is 2. The average Bonchev–Trinajstić information content (AvgIpc) is 2.65. The summed E-state index contributed by atoms with van der Waals surface area (Å²) in [6.45, 7) is -0.622. The van der Waals surface area contributed by atoms with Crippen LogP contribution in [0.25, 0.3) is 6.08 Å². The Labute approximate surface area is 152 Å².